The molecule has 28 heteroatoms. The van der Waals surface area contributed by atoms with E-state index in [1.807, 2.05) is 0 Å². The zero-order valence-corrected chi connectivity index (χ0v) is 24.6. The summed E-state index contributed by atoms with van der Waals surface area (Å²) in [5, 5.41) is 14.1. The van der Waals surface area contributed by atoms with E-state index in [4.69, 9.17) is 0 Å². The number of nitro groups is 2. The van der Waals surface area contributed by atoms with Crippen LogP contribution in [-0.2, 0) is 12.6 Å². The van der Waals surface area contributed by atoms with Crippen LogP contribution in [0.5, 0.6) is 0 Å². The maximum atomic E-state index is 14.7. The first-order valence-electron chi connectivity index (χ1n) is 11.0. The van der Waals surface area contributed by atoms with Gasteiger partial charge in [0.25, 0.3) is 0 Å². The minimum absolute atomic E-state index is 0.266. The van der Waals surface area contributed by atoms with Gasteiger partial charge in [0.1, 0.15) is 0 Å². The van der Waals surface area contributed by atoms with Crippen molar-refractivity contribution >= 4 is 41.7 Å². The van der Waals surface area contributed by atoms with E-state index in [-0.39, 0.29) is 12.1 Å². The van der Waals surface area contributed by atoms with Crippen LogP contribution in [0, 0.1) is 27.4 Å². The Kier molecular flexibility index (Phi) is 10.4. The maximum absolute atomic E-state index is 14.7. The van der Waals surface area contributed by atoms with Crippen molar-refractivity contribution in [3.05, 3.63) is 75.9 Å². The molecule has 2 aromatic carbocycles. The third-order valence-electron chi connectivity index (χ3n) is 5.59. The number of benzene rings is 2. The number of hydrogen-bond acceptors (Lipinski definition) is 7. The third-order valence-corrected chi connectivity index (χ3v) is 12.9. The predicted molar refractivity (Wildman–Crippen MR) is 128 cm³/mol. The quantitative estimate of drug-likeness (QED) is 0.0858. The van der Waals surface area contributed by atoms with Crippen LogP contribution in [0.4, 0.5) is 86.0 Å². The first kappa shape index (κ1) is 40.9. The molecular weight excluding hydrogens is 862 g/mol. The van der Waals surface area contributed by atoms with Crippen LogP contribution in [0.15, 0.2) is 48.5 Å². The average molecular weight is 870 g/mol. The van der Waals surface area contributed by atoms with E-state index in [1.165, 1.54) is 0 Å². The predicted octanol–water partition coefficient (Wildman–Crippen LogP) is 8.28. The summed E-state index contributed by atoms with van der Waals surface area (Å²) in [4.78, 5) is 19.6. The van der Waals surface area contributed by atoms with Gasteiger partial charge in [-0.15, -0.1) is 0 Å². The molecule has 0 radical (unpaired) electrons. The molecule has 0 spiro atoms. The van der Waals surface area contributed by atoms with E-state index < -0.39 is 106 Å². The average Bonchev–Trinajstić information content (AvgIpc) is 2.94. The Balaban J connectivity index is 2.79. The fraction of sp³-hybridized carbons (Fsp3) is 0.400. The molecule has 0 atom stereocenters. The molecule has 2 aromatic rings. The van der Waals surface area contributed by atoms with E-state index in [9.17, 15) is 103 Å². The summed E-state index contributed by atoms with van der Waals surface area (Å²) in [5.41, 5.74) is -2.13. The fourth-order valence-corrected chi connectivity index (χ4v) is 10.2. The van der Waals surface area contributed by atoms with Gasteiger partial charge in [-0.2, -0.15) is 0 Å². The molecule has 0 N–H and O–H groups in total. The van der Waals surface area contributed by atoms with E-state index in [0.717, 1.165) is 0 Å². The second-order valence-corrected chi connectivity index (χ2v) is 15.2. The number of nitro benzene ring substituents is 2. The van der Waals surface area contributed by atoms with Crippen molar-refractivity contribution in [2.24, 2.45) is 0 Å². The topological polar surface area (TPSA) is 130 Å². The van der Waals surface area contributed by atoms with E-state index in [1.54, 1.807) is 0 Å². The molecule has 0 bridgehead atoms. The summed E-state index contributed by atoms with van der Waals surface area (Å²) < 4.78 is 258. The molecule has 0 heterocycles. The zero-order chi connectivity index (χ0) is 37.9. The van der Waals surface area contributed by atoms with Gasteiger partial charge < -0.3 is 0 Å². The Hall–Kier alpha value is -3.31. The Morgan fingerprint density at radius 2 is 0.854 bits per heavy atom. The molecule has 48 heavy (non-hydrogen) atoms. The molecule has 0 aliphatic heterocycles. The molecule has 0 aliphatic carbocycles. The van der Waals surface area contributed by atoms with Crippen molar-refractivity contribution in [2.75, 3.05) is 0 Å². The monoisotopic (exact) mass is 870 g/mol. The summed E-state index contributed by atoms with van der Waals surface area (Å²) in [6.45, 7) is 0. The van der Waals surface area contributed by atoms with Crippen molar-refractivity contribution in [3.8, 4) is 0 Å². The second-order valence-electron chi connectivity index (χ2n) is 8.70. The molecule has 9 nitrogen and oxygen atoms in total. The van der Waals surface area contributed by atoms with E-state index in [0.29, 0.717) is 36.4 Å². The van der Waals surface area contributed by atoms with Gasteiger partial charge in [0.2, 0.25) is 0 Å². The summed E-state index contributed by atoms with van der Waals surface area (Å²) in [7, 11) is -8.08. The van der Waals surface area contributed by atoms with Crippen LogP contribution in [0.25, 0.3) is 0 Å². The number of nitrogens with zero attached hydrogens (tertiary/aromatic N) is 2. The van der Waals surface area contributed by atoms with Gasteiger partial charge in [0.15, 0.2) is 0 Å². The van der Waals surface area contributed by atoms with Gasteiger partial charge >= 0.3 is 260 Å². The standard InChI is InChI=1S/C20H8F17IN2O7S/c21-13(22,15(25,26)17(29,30)19(33,34)35)14(23,24)16(27,28)18(31,32)20(36,37)48(45,46)47-38(9-3-1-5-11(7-9)39(41)42)10-4-2-6-12(8-10)40(43)44/h1-8H. The van der Waals surface area contributed by atoms with Crippen LogP contribution in [0.1, 0.15) is 0 Å². The number of alkyl halides is 17. The number of hydrogen-bond donors (Lipinski definition) is 0. The van der Waals surface area contributed by atoms with Gasteiger partial charge in [-0.3, -0.25) is 0 Å². The normalized spacial score (nSPS) is 14.9. The summed E-state index contributed by atoms with van der Waals surface area (Å²) in [6, 6.07) is 4.12. The molecule has 0 fully saturated rings. The number of rotatable bonds is 13. The van der Waals surface area contributed by atoms with Gasteiger partial charge in [-0.05, 0) is 0 Å². The molecule has 2 rings (SSSR count). The number of non-ortho nitro benzene ring substituents is 2. The zero-order valence-electron chi connectivity index (χ0n) is 21.6. The Labute approximate surface area is 260 Å². The molecular formula is C20H8F17IN2O7S. The summed E-state index contributed by atoms with van der Waals surface area (Å²) >= 11 is -5.26. The van der Waals surface area contributed by atoms with Crippen LogP contribution < -0.4 is 0 Å². The van der Waals surface area contributed by atoms with Crippen LogP contribution in [0.3, 0.4) is 0 Å². The van der Waals surface area contributed by atoms with Crippen molar-refractivity contribution in [1.82, 2.24) is 0 Å². The first-order chi connectivity index (χ1) is 21.2. The molecule has 272 valence electrons. The van der Waals surface area contributed by atoms with Crippen LogP contribution in [0.2, 0.25) is 0 Å². The van der Waals surface area contributed by atoms with Crippen LogP contribution in [-0.4, -0.2) is 65.2 Å². The van der Waals surface area contributed by atoms with Crippen molar-refractivity contribution < 1.29 is 95.4 Å². The van der Waals surface area contributed by atoms with Gasteiger partial charge in [0.05, 0.1) is 0 Å². The van der Waals surface area contributed by atoms with E-state index in [2.05, 4.69) is 2.51 Å². The fourth-order valence-electron chi connectivity index (χ4n) is 3.02. The molecule has 0 saturated carbocycles. The molecule has 0 saturated heterocycles. The Morgan fingerprint density at radius 3 is 1.17 bits per heavy atom. The van der Waals surface area contributed by atoms with Crippen molar-refractivity contribution in [1.29, 1.82) is 0 Å². The third kappa shape index (κ3) is 6.17. The summed E-state index contributed by atoms with van der Waals surface area (Å²) in [5.74, 6) is -53.0. The molecule has 0 unspecified atom stereocenters. The van der Waals surface area contributed by atoms with E-state index >= 15 is 0 Å². The molecule has 0 amide bonds. The van der Waals surface area contributed by atoms with Gasteiger partial charge in [-0.25, -0.2) is 0 Å². The van der Waals surface area contributed by atoms with Gasteiger partial charge in [0, 0.05) is 0 Å². The van der Waals surface area contributed by atoms with Crippen molar-refractivity contribution in [2.45, 2.75) is 47.0 Å². The Morgan fingerprint density at radius 1 is 0.542 bits per heavy atom. The summed E-state index contributed by atoms with van der Waals surface area (Å²) in [6.07, 6.45) is -7.99. The number of halogens is 18. The minimum atomic E-state index is -9.07. The van der Waals surface area contributed by atoms with Crippen LogP contribution >= 0.6 is 20.2 Å². The second kappa shape index (κ2) is 12.2. The molecule has 0 aromatic heterocycles. The SMILES string of the molecule is O=[N+]([O-])c1cccc(I(OS(=O)(=O)C(F)(F)C(F)(F)C(F)(F)C(F)(F)C(F)(F)C(F)(F)C(F)(F)C(F)(F)F)c2cccc([N+](=O)[O-])c2)c1. The first-order valence-corrected chi connectivity index (χ1v) is 15.5. The van der Waals surface area contributed by atoms with Crippen molar-refractivity contribution in [3.63, 3.8) is 0 Å². The van der Waals surface area contributed by atoms with Gasteiger partial charge in [-0.1, -0.05) is 0 Å². The molecule has 0 aliphatic rings. The Bertz CT molecular complexity index is 1630.